The van der Waals surface area contributed by atoms with Crippen LogP contribution in [-0.4, -0.2) is 25.8 Å². The number of fused-ring (bicyclic) bond motifs is 1. The molecular formula is C27H22N4O2S. The van der Waals surface area contributed by atoms with Gasteiger partial charge in [-0.3, -0.25) is 9.59 Å². The second-order valence-corrected chi connectivity index (χ2v) is 8.81. The number of carbonyl (C=O) groups is 1. The molecular weight excluding hydrogens is 444 g/mol. The summed E-state index contributed by atoms with van der Waals surface area (Å²) in [4.78, 5) is 39.7. The van der Waals surface area contributed by atoms with Crippen molar-refractivity contribution in [2.45, 2.75) is 19.5 Å². The molecule has 6 nitrogen and oxygen atoms in total. The zero-order valence-corrected chi connectivity index (χ0v) is 19.2. The number of aromatic nitrogens is 3. The van der Waals surface area contributed by atoms with Crippen LogP contribution in [0.15, 0.2) is 95.1 Å². The van der Waals surface area contributed by atoms with Crippen LogP contribution in [0.3, 0.4) is 0 Å². The van der Waals surface area contributed by atoms with Crippen molar-refractivity contribution in [2.75, 3.05) is 0 Å². The number of H-pyrrole nitrogens is 1. The minimum atomic E-state index is -0.209. The highest BCUT2D eigenvalue weighted by molar-refractivity contribution is 7.13. The normalized spacial score (nSPS) is 10.9. The van der Waals surface area contributed by atoms with Crippen LogP contribution in [-0.2, 0) is 24.3 Å². The molecule has 0 fully saturated rings. The van der Waals surface area contributed by atoms with Gasteiger partial charge in [-0.1, -0.05) is 72.8 Å². The van der Waals surface area contributed by atoms with Crippen LogP contribution >= 0.6 is 11.3 Å². The summed E-state index contributed by atoms with van der Waals surface area (Å²) < 4.78 is 0. The maximum atomic E-state index is 13.4. The van der Waals surface area contributed by atoms with Crippen LogP contribution < -0.4 is 5.56 Å². The van der Waals surface area contributed by atoms with Crippen molar-refractivity contribution in [3.8, 4) is 10.6 Å². The first-order chi connectivity index (χ1) is 16.7. The van der Waals surface area contributed by atoms with Crippen molar-refractivity contribution >= 4 is 28.1 Å². The van der Waals surface area contributed by atoms with Gasteiger partial charge in [0, 0.05) is 17.5 Å². The van der Waals surface area contributed by atoms with Crippen molar-refractivity contribution < 1.29 is 4.79 Å². The van der Waals surface area contributed by atoms with E-state index < -0.39 is 0 Å². The van der Waals surface area contributed by atoms with E-state index in [0.29, 0.717) is 23.3 Å². The summed E-state index contributed by atoms with van der Waals surface area (Å²) in [7, 11) is 0. The summed E-state index contributed by atoms with van der Waals surface area (Å²) >= 11 is 1.53. The van der Waals surface area contributed by atoms with Gasteiger partial charge in [0.2, 0.25) is 5.91 Å². The fourth-order valence-electron chi connectivity index (χ4n) is 3.79. The van der Waals surface area contributed by atoms with Gasteiger partial charge in [-0.15, -0.1) is 11.3 Å². The lowest BCUT2D eigenvalue weighted by Gasteiger charge is -2.22. The molecule has 0 aliphatic rings. The largest absolute Gasteiger partial charge is 0.331 e. The zero-order chi connectivity index (χ0) is 23.3. The van der Waals surface area contributed by atoms with Gasteiger partial charge in [0.1, 0.15) is 10.8 Å². The first-order valence-electron chi connectivity index (χ1n) is 11.0. The number of benzene rings is 3. The fraction of sp³-hybridized carbons (Fsp3) is 0.111. The number of hydrogen-bond acceptors (Lipinski definition) is 5. The average molecular weight is 467 g/mol. The molecule has 0 aliphatic carbocycles. The Bertz CT molecular complexity index is 1480. The molecule has 5 rings (SSSR count). The van der Waals surface area contributed by atoms with E-state index in [2.05, 4.69) is 15.0 Å². The number of thiazole rings is 1. The maximum absolute atomic E-state index is 13.4. The Morgan fingerprint density at radius 3 is 2.35 bits per heavy atom. The molecule has 168 valence electrons. The smallest absolute Gasteiger partial charge is 0.258 e. The minimum Gasteiger partial charge on any atom is -0.331 e. The zero-order valence-electron chi connectivity index (χ0n) is 18.3. The predicted molar refractivity (Wildman–Crippen MR) is 134 cm³/mol. The Balaban J connectivity index is 1.40. The summed E-state index contributed by atoms with van der Waals surface area (Å²) in [6.07, 6.45) is 0.175. The lowest BCUT2D eigenvalue weighted by atomic mass is 10.2. The van der Waals surface area contributed by atoms with Crippen molar-refractivity contribution in [1.82, 2.24) is 19.9 Å². The Kier molecular flexibility index (Phi) is 6.27. The van der Waals surface area contributed by atoms with Gasteiger partial charge in [-0.2, -0.15) is 0 Å². The van der Waals surface area contributed by atoms with Gasteiger partial charge in [0.25, 0.3) is 5.56 Å². The highest BCUT2D eigenvalue weighted by Gasteiger charge is 2.19. The van der Waals surface area contributed by atoms with E-state index in [0.717, 1.165) is 21.8 Å². The van der Waals surface area contributed by atoms with Gasteiger partial charge < -0.3 is 9.88 Å². The third-order valence-electron chi connectivity index (χ3n) is 5.48. The molecule has 1 N–H and O–H groups in total. The van der Waals surface area contributed by atoms with Crippen LogP contribution in [0.4, 0.5) is 0 Å². The summed E-state index contributed by atoms with van der Waals surface area (Å²) in [5.74, 6) is 0.376. The molecule has 0 unspecified atom stereocenters. The molecule has 7 heteroatoms. The van der Waals surface area contributed by atoms with Gasteiger partial charge >= 0.3 is 0 Å². The third kappa shape index (κ3) is 4.94. The minimum absolute atomic E-state index is 0.0791. The summed E-state index contributed by atoms with van der Waals surface area (Å²) in [6.45, 7) is 0.607. The number of hydrogen-bond donors (Lipinski definition) is 1. The number of aromatic amines is 1. The number of nitrogens with one attached hydrogen (secondary N) is 1. The van der Waals surface area contributed by atoms with E-state index in [-0.39, 0.29) is 24.4 Å². The first kappa shape index (κ1) is 21.7. The number of para-hydroxylation sites is 1. The lowest BCUT2D eigenvalue weighted by molar-refractivity contribution is -0.131. The van der Waals surface area contributed by atoms with E-state index in [1.807, 2.05) is 78.2 Å². The van der Waals surface area contributed by atoms with Crippen LogP contribution in [0.5, 0.6) is 0 Å². The highest BCUT2D eigenvalue weighted by Crippen LogP contribution is 2.24. The summed E-state index contributed by atoms with van der Waals surface area (Å²) in [5, 5.41) is 3.35. The second kappa shape index (κ2) is 9.80. The third-order valence-corrected chi connectivity index (χ3v) is 6.42. The molecule has 2 heterocycles. The molecule has 3 aromatic carbocycles. The molecule has 0 atom stereocenters. The second-order valence-electron chi connectivity index (χ2n) is 7.95. The van der Waals surface area contributed by atoms with Gasteiger partial charge in [-0.05, 0) is 17.7 Å². The van der Waals surface area contributed by atoms with Crippen molar-refractivity contribution in [3.05, 3.63) is 118 Å². The van der Waals surface area contributed by atoms with E-state index in [1.165, 1.54) is 11.3 Å². The predicted octanol–water partition coefficient (Wildman–Crippen LogP) is 4.82. The molecule has 5 aromatic rings. The maximum Gasteiger partial charge on any atom is 0.258 e. The Labute approximate surface area is 200 Å². The van der Waals surface area contributed by atoms with Gasteiger partial charge in [0.15, 0.2) is 0 Å². The Morgan fingerprint density at radius 1 is 0.853 bits per heavy atom. The Hall–Kier alpha value is -4.10. The highest BCUT2D eigenvalue weighted by atomic mass is 32.1. The number of nitrogens with zero attached hydrogens (tertiary/aromatic N) is 3. The van der Waals surface area contributed by atoms with Gasteiger partial charge in [0.05, 0.1) is 29.6 Å². The molecule has 0 radical (unpaired) electrons. The molecule has 0 bridgehead atoms. The van der Waals surface area contributed by atoms with Crippen LogP contribution in [0, 0.1) is 0 Å². The standard InChI is InChI=1S/C27H22N4O2S/c32-25(15-21-18-34-27(28-21)20-11-5-2-6-12-20)31(16-19-9-3-1-4-10-19)17-24-29-23-14-8-7-13-22(23)26(33)30-24/h1-14,18H,15-17H2,(H,29,30,33). The number of rotatable bonds is 7. The fourth-order valence-corrected chi connectivity index (χ4v) is 4.62. The van der Waals surface area contributed by atoms with Crippen molar-refractivity contribution in [1.29, 1.82) is 0 Å². The number of amides is 1. The molecule has 34 heavy (non-hydrogen) atoms. The lowest BCUT2D eigenvalue weighted by Crippen LogP contribution is -2.33. The quantitative estimate of drug-likeness (QED) is 0.373. The van der Waals surface area contributed by atoms with Crippen molar-refractivity contribution in [3.63, 3.8) is 0 Å². The molecule has 2 aromatic heterocycles. The first-order valence-corrected chi connectivity index (χ1v) is 11.8. The molecule has 0 aliphatic heterocycles. The molecule has 1 amide bonds. The van der Waals surface area contributed by atoms with E-state index >= 15 is 0 Å². The molecule has 0 spiro atoms. The van der Waals surface area contributed by atoms with Crippen LogP contribution in [0.2, 0.25) is 0 Å². The van der Waals surface area contributed by atoms with E-state index in [9.17, 15) is 9.59 Å². The number of carbonyl (C=O) groups excluding carboxylic acids is 1. The molecule has 0 saturated carbocycles. The topological polar surface area (TPSA) is 79.0 Å². The SMILES string of the molecule is O=C(Cc1csc(-c2ccccc2)n1)N(Cc1ccccc1)Cc1nc2ccccc2c(=O)[nH]1. The van der Waals surface area contributed by atoms with Crippen molar-refractivity contribution in [2.24, 2.45) is 0 Å². The average Bonchev–Trinajstić information content (AvgIpc) is 3.33. The molecule has 0 saturated heterocycles. The monoisotopic (exact) mass is 466 g/mol. The van der Waals surface area contributed by atoms with Crippen LogP contribution in [0.1, 0.15) is 17.1 Å². The Morgan fingerprint density at radius 2 is 1.56 bits per heavy atom. The summed E-state index contributed by atoms with van der Waals surface area (Å²) in [5.41, 5.74) is 3.17. The van der Waals surface area contributed by atoms with E-state index in [4.69, 9.17) is 0 Å². The van der Waals surface area contributed by atoms with Gasteiger partial charge in [-0.25, -0.2) is 9.97 Å². The van der Waals surface area contributed by atoms with Crippen LogP contribution in [0.25, 0.3) is 21.5 Å². The van der Waals surface area contributed by atoms with E-state index in [1.54, 1.807) is 17.0 Å². The summed E-state index contributed by atoms with van der Waals surface area (Å²) in [6, 6.07) is 26.9.